The lowest BCUT2D eigenvalue weighted by Crippen LogP contribution is -2.49. The quantitative estimate of drug-likeness (QED) is 0.443. The first-order valence-electron chi connectivity index (χ1n) is 7.04. The molecule has 0 unspecified atom stereocenters. The van der Waals surface area contributed by atoms with Crippen molar-refractivity contribution in [3.63, 3.8) is 0 Å². The fraction of sp³-hybridized carbons (Fsp3) is 0.529. The van der Waals surface area contributed by atoms with E-state index in [-0.39, 0.29) is 5.57 Å². The van der Waals surface area contributed by atoms with Crippen LogP contribution in [0.5, 0.6) is 0 Å². The third kappa shape index (κ3) is 5.41. The molecule has 0 bridgehead atoms. The van der Waals surface area contributed by atoms with Gasteiger partial charge < -0.3 is 25.2 Å². The van der Waals surface area contributed by atoms with E-state index in [4.69, 9.17) is 4.74 Å². The SMILES string of the molecule is C=C(C#CC1=C[C@H](O)[C@H](OC)[C@@H](O)[C@H]1O)CC=CC(C)(C)O. The highest BCUT2D eigenvalue weighted by Gasteiger charge is 2.37. The van der Waals surface area contributed by atoms with E-state index in [1.807, 2.05) is 0 Å². The lowest BCUT2D eigenvalue weighted by molar-refractivity contribution is -0.108. The Kier molecular flexibility index (Phi) is 6.54. The predicted octanol–water partition coefficient (Wildman–Crippen LogP) is 0.301. The standard InChI is InChI=1S/C17H24O5/c1-11(6-5-9-17(2,3)21)7-8-12-10-13(18)16(22-4)15(20)14(12)19/h5,9-10,13-16,18-21H,1,6H2,2-4H3/t13-,14-,15-,16-/m0/s1. The van der Waals surface area contributed by atoms with Gasteiger partial charge in [-0.05, 0) is 31.9 Å². The van der Waals surface area contributed by atoms with Crippen molar-refractivity contribution < 1.29 is 25.2 Å². The van der Waals surface area contributed by atoms with Crippen LogP contribution in [0.3, 0.4) is 0 Å². The van der Waals surface area contributed by atoms with E-state index in [1.54, 1.807) is 26.0 Å². The van der Waals surface area contributed by atoms with Gasteiger partial charge in [0.15, 0.2) is 0 Å². The maximum Gasteiger partial charge on any atom is 0.115 e. The second kappa shape index (κ2) is 7.73. The van der Waals surface area contributed by atoms with Crippen LogP contribution in [0.2, 0.25) is 0 Å². The molecule has 0 heterocycles. The first-order chi connectivity index (χ1) is 10.2. The molecule has 0 aromatic rings. The van der Waals surface area contributed by atoms with Gasteiger partial charge in [-0.3, -0.25) is 0 Å². The number of methoxy groups -OCH3 is 1. The topological polar surface area (TPSA) is 90.2 Å². The lowest BCUT2D eigenvalue weighted by Gasteiger charge is -2.32. The van der Waals surface area contributed by atoms with Crippen LogP contribution >= 0.6 is 0 Å². The molecule has 0 saturated heterocycles. The Labute approximate surface area is 131 Å². The fourth-order valence-electron chi connectivity index (χ4n) is 2.04. The highest BCUT2D eigenvalue weighted by atomic mass is 16.5. The van der Waals surface area contributed by atoms with Gasteiger partial charge in [0, 0.05) is 12.7 Å². The van der Waals surface area contributed by atoms with Crippen molar-refractivity contribution in [2.45, 2.75) is 50.3 Å². The van der Waals surface area contributed by atoms with Crippen LogP contribution in [0.4, 0.5) is 0 Å². The maximum atomic E-state index is 9.96. The average Bonchev–Trinajstić information content (AvgIpc) is 2.40. The Bertz CT molecular complexity index is 515. The summed E-state index contributed by atoms with van der Waals surface area (Å²) in [6.45, 7) is 7.11. The molecule has 22 heavy (non-hydrogen) atoms. The molecule has 122 valence electrons. The number of aliphatic hydroxyl groups is 4. The first-order valence-corrected chi connectivity index (χ1v) is 7.04. The summed E-state index contributed by atoms with van der Waals surface area (Å²) in [5.41, 5.74) is -0.0634. The van der Waals surface area contributed by atoms with Crippen LogP contribution in [-0.2, 0) is 4.74 Å². The molecular weight excluding hydrogens is 284 g/mol. The zero-order valence-electron chi connectivity index (χ0n) is 13.2. The zero-order valence-corrected chi connectivity index (χ0v) is 13.2. The summed E-state index contributed by atoms with van der Waals surface area (Å²) < 4.78 is 4.94. The van der Waals surface area contributed by atoms with Gasteiger partial charge in [0.1, 0.15) is 24.4 Å². The first kappa shape index (κ1) is 18.6. The minimum absolute atomic E-state index is 0.237. The molecule has 5 heteroatoms. The molecule has 0 aliphatic heterocycles. The van der Waals surface area contributed by atoms with E-state index < -0.39 is 30.0 Å². The summed E-state index contributed by atoms with van der Waals surface area (Å²) in [4.78, 5) is 0. The Morgan fingerprint density at radius 1 is 1.41 bits per heavy atom. The Morgan fingerprint density at radius 2 is 2.05 bits per heavy atom. The molecule has 0 fully saturated rings. The summed E-state index contributed by atoms with van der Waals surface area (Å²) in [6.07, 6.45) is 0.885. The van der Waals surface area contributed by atoms with Gasteiger partial charge >= 0.3 is 0 Å². The Morgan fingerprint density at radius 3 is 2.59 bits per heavy atom. The van der Waals surface area contributed by atoms with Crippen molar-refractivity contribution in [2.24, 2.45) is 0 Å². The number of rotatable bonds is 4. The van der Waals surface area contributed by atoms with Gasteiger partial charge in [0.05, 0.1) is 5.60 Å². The van der Waals surface area contributed by atoms with Gasteiger partial charge in [0.25, 0.3) is 0 Å². The molecule has 0 radical (unpaired) electrons. The molecule has 4 atom stereocenters. The predicted molar refractivity (Wildman–Crippen MR) is 83.9 cm³/mol. The molecule has 1 aliphatic carbocycles. The van der Waals surface area contributed by atoms with Crippen LogP contribution in [0.15, 0.2) is 36.0 Å². The zero-order chi connectivity index (χ0) is 16.9. The third-order valence-corrected chi connectivity index (χ3v) is 3.21. The Hall–Kier alpha value is -1.42. The molecule has 4 N–H and O–H groups in total. The van der Waals surface area contributed by atoms with Crippen molar-refractivity contribution in [3.05, 3.63) is 36.0 Å². The van der Waals surface area contributed by atoms with E-state index in [1.165, 1.54) is 13.2 Å². The van der Waals surface area contributed by atoms with Gasteiger partial charge in [-0.1, -0.05) is 30.6 Å². The van der Waals surface area contributed by atoms with Gasteiger partial charge in [0.2, 0.25) is 0 Å². The molecule has 0 aromatic heterocycles. The minimum atomic E-state index is -1.24. The summed E-state index contributed by atoms with van der Waals surface area (Å²) in [6, 6.07) is 0. The van der Waals surface area contributed by atoms with Crippen LogP contribution in [0.1, 0.15) is 20.3 Å². The van der Waals surface area contributed by atoms with Crippen molar-refractivity contribution in [2.75, 3.05) is 7.11 Å². The van der Waals surface area contributed by atoms with Crippen molar-refractivity contribution in [1.82, 2.24) is 0 Å². The van der Waals surface area contributed by atoms with Gasteiger partial charge in [-0.2, -0.15) is 0 Å². The molecule has 0 aromatic carbocycles. The van der Waals surface area contributed by atoms with Crippen LogP contribution < -0.4 is 0 Å². The van der Waals surface area contributed by atoms with Crippen LogP contribution in [0, 0.1) is 11.8 Å². The van der Waals surface area contributed by atoms with E-state index in [0.717, 1.165) is 0 Å². The second-order valence-electron chi connectivity index (χ2n) is 5.86. The summed E-state index contributed by atoms with van der Waals surface area (Å²) in [7, 11) is 1.35. The van der Waals surface area contributed by atoms with E-state index in [2.05, 4.69) is 18.4 Å². The van der Waals surface area contributed by atoms with E-state index >= 15 is 0 Å². The summed E-state index contributed by atoms with van der Waals surface area (Å²) in [5.74, 6) is 5.49. The van der Waals surface area contributed by atoms with Gasteiger partial charge in [-0.15, -0.1) is 0 Å². The molecule has 0 spiro atoms. The second-order valence-corrected chi connectivity index (χ2v) is 5.86. The lowest BCUT2D eigenvalue weighted by atomic mass is 9.89. The Balaban J connectivity index is 2.75. The van der Waals surface area contributed by atoms with E-state index in [0.29, 0.717) is 12.0 Å². The normalized spacial score (nSPS) is 29.0. The minimum Gasteiger partial charge on any atom is -0.387 e. The smallest absolute Gasteiger partial charge is 0.115 e. The number of aliphatic hydroxyl groups excluding tert-OH is 3. The summed E-state index contributed by atoms with van der Waals surface area (Å²) in [5, 5.41) is 39.2. The largest absolute Gasteiger partial charge is 0.387 e. The molecule has 1 rings (SSSR count). The fourth-order valence-corrected chi connectivity index (χ4v) is 2.04. The molecule has 1 aliphatic rings. The van der Waals surface area contributed by atoms with Gasteiger partial charge in [-0.25, -0.2) is 0 Å². The third-order valence-electron chi connectivity index (χ3n) is 3.21. The van der Waals surface area contributed by atoms with E-state index in [9.17, 15) is 20.4 Å². The van der Waals surface area contributed by atoms with Crippen LogP contribution in [0.25, 0.3) is 0 Å². The van der Waals surface area contributed by atoms with Crippen molar-refractivity contribution in [3.8, 4) is 11.8 Å². The highest BCUT2D eigenvalue weighted by Crippen LogP contribution is 2.22. The number of hydrogen-bond donors (Lipinski definition) is 4. The molecule has 0 amide bonds. The number of hydrogen-bond acceptors (Lipinski definition) is 5. The molecular formula is C17H24O5. The van der Waals surface area contributed by atoms with Crippen molar-refractivity contribution in [1.29, 1.82) is 0 Å². The monoisotopic (exact) mass is 308 g/mol. The van der Waals surface area contributed by atoms with Crippen LogP contribution in [-0.4, -0.2) is 57.6 Å². The molecule has 0 saturated carbocycles. The highest BCUT2D eigenvalue weighted by molar-refractivity contribution is 5.42. The number of allylic oxidation sites excluding steroid dienone is 2. The maximum absolute atomic E-state index is 9.96. The van der Waals surface area contributed by atoms with Crippen molar-refractivity contribution >= 4 is 0 Å². The average molecular weight is 308 g/mol. The summed E-state index contributed by atoms with van der Waals surface area (Å²) >= 11 is 0. The molecule has 5 nitrogen and oxygen atoms in total. The number of ether oxygens (including phenoxy) is 1.